The van der Waals surface area contributed by atoms with E-state index < -0.39 is 23.7 Å². The van der Waals surface area contributed by atoms with E-state index in [1.807, 2.05) is 12.1 Å². The van der Waals surface area contributed by atoms with Gasteiger partial charge in [-0.2, -0.15) is 0 Å². The number of halogens is 2. The van der Waals surface area contributed by atoms with Gasteiger partial charge in [0.05, 0.1) is 0 Å². The quantitative estimate of drug-likeness (QED) is 0.457. The molecule has 2 aromatic rings. The van der Waals surface area contributed by atoms with Crippen molar-refractivity contribution >= 4 is 28.9 Å². The van der Waals surface area contributed by atoms with Crippen molar-refractivity contribution in [2.45, 2.75) is 38.5 Å². The van der Waals surface area contributed by atoms with Gasteiger partial charge in [0, 0.05) is 29.6 Å². The third kappa shape index (κ3) is 5.25. The van der Waals surface area contributed by atoms with Gasteiger partial charge in [-0.05, 0) is 55.5 Å². The number of nitrogens with one attached hydrogen (secondary N) is 3. The maximum Gasteiger partial charge on any atom is 0.270 e. The maximum absolute atomic E-state index is 13.5. The molecule has 2 amide bonds. The van der Waals surface area contributed by atoms with Gasteiger partial charge in [0.25, 0.3) is 5.92 Å². The van der Waals surface area contributed by atoms with E-state index in [-0.39, 0.29) is 17.0 Å². The van der Waals surface area contributed by atoms with Gasteiger partial charge >= 0.3 is 0 Å². The van der Waals surface area contributed by atoms with E-state index in [0.717, 1.165) is 13.0 Å². The van der Waals surface area contributed by atoms with Crippen LogP contribution in [0.4, 0.5) is 20.2 Å². The van der Waals surface area contributed by atoms with Crippen LogP contribution in [0.1, 0.15) is 43.7 Å². The van der Waals surface area contributed by atoms with Crippen molar-refractivity contribution in [1.29, 1.82) is 5.41 Å². The van der Waals surface area contributed by atoms with Crippen molar-refractivity contribution in [2.75, 3.05) is 10.6 Å². The number of carbonyl (C=O) groups is 2. The van der Waals surface area contributed by atoms with Crippen molar-refractivity contribution < 1.29 is 18.4 Å². The summed E-state index contributed by atoms with van der Waals surface area (Å²) in [6.07, 6.45) is 2.35. The van der Waals surface area contributed by atoms with Crippen LogP contribution < -0.4 is 10.6 Å². The van der Waals surface area contributed by atoms with Gasteiger partial charge in [-0.3, -0.25) is 9.59 Å². The average Bonchev–Trinajstić information content (AvgIpc) is 3.46. The molecule has 0 aromatic heterocycles. The van der Waals surface area contributed by atoms with Gasteiger partial charge in [-0.15, -0.1) is 0 Å². The van der Waals surface area contributed by atoms with Gasteiger partial charge in [-0.25, -0.2) is 8.78 Å². The first-order valence-electron chi connectivity index (χ1n) is 9.40. The number of hydrogen-bond donors (Lipinski definition) is 3. The highest BCUT2D eigenvalue weighted by Crippen LogP contribution is 2.40. The lowest BCUT2D eigenvalue weighted by molar-refractivity contribution is -0.126. The Morgan fingerprint density at radius 2 is 1.62 bits per heavy atom. The monoisotopic (exact) mass is 399 g/mol. The minimum absolute atomic E-state index is 0.141. The number of anilines is 2. The molecule has 0 heterocycles. The van der Waals surface area contributed by atoms with Crippen molar-refractivity contribution in [3.05, 3.63) is 59.7 Å². The smallest absolute Gasteiger partial charge is 0.270 e. The third-order valence-electron chi connectivity index (χ3n) is 4.82. The SMILES string of the molecule is CC(=N)C(C(=O)Nc1ccc(C2CC2)cc1)C(=O)Nc1cccc(C(C)(F)F)c1. The van der Waals surface area contributed by atoms with E-state index in [2.05, 4.69) is 10.6 Å². The lowest BCUT2D eigenvalue weighted by Crippen LogP contribution is -2.38. The van der Waals surface area contributed by atoms with Crippen LogP contribution in [0.25, 0.3) is 0 Å². The van der Waals surface area contributed by atoms with E-state index >= 15 is 0 Å². The van der Waals surface area contributed by atoms with Gasteiger partial charge in [0.15, 0.2) is 5.92 Å². The molecule has 0 aliphatic heterocycles. The lowest BCUT2D eigenvalue weighted by atomic mass is 10.0. The first kappa shape index (κ1) is 20.6. The molecule has 3 rings (SSSR count). The summed E-state index contributed by atoms with van der Waals surface area (Å²) < 4.78 is 27.0. The zero-order valence-electron chi connectivity index (χ0n) is 16.3. The van der Waals surface area contributed by atoms with Crippen LogP contribution in [0.5, 0.6) is 0 Å². The topological polar surface area (TPSA) is 82.1 Å². The number of rotatable bonds is 7. The highest BCUT2D eigenvalue weighted by atomic mass is 19.3. The van der Waals surface area contributed by atoms with Crippen LogP contribution in [-0.4, -0.2) is 17.5 Å². The fraction of sp³-hybridized carbons (Fsp3) is 0.318. The molecule has 29 heavy (non-hydrogen) atoms. The predicted octanol–water partition coefficient (Wildman–Crippen LogP) is 4.91. The van der Waals surface area contributed by atoms with Crippen LogP contribution in [0.2, 0.25) is 0 Å². The third-order valence-corrected chi connectivity index (χ3v) is 4.82. The summed E-state index contributed by atoms with van der Waals surface area (Å²) in [7, 11) is 0. The standard InChI is InChI=1S/C22H23F2N3O2/c1-13(25)19(20(28)26-17-10-8-15(9-11-17)14-6-7-14)21(29)27-18-5-3-4-16(12-18)22(2,23)24/h3-5,8-12,14,19,25H,6-7H2,1-2H3,(H,26,28)(H,27,29). The van der Waals surface area contributed by atoms with Crippen LogP contribution in [-0.2, 0) is 15.5 Å². The van der Waals surface area contributed by atoms with Gasteiger partial charge < -0.3 is 16.0 Å². The summed E-state index contributed by atoms with van der Waals surface area (Å²) in [5.41, 5.74) is 1.49. The minimum Gasteiger partial charge on any atom is -0.325 e. The minimum atomic E-state index is -3.05. The second-order valence-corrected chi connectivity index (χ2v) is 7.46. The first-order valence-corrected chi connectivity index (χ1v) is 9.40. The molecule has 2 aromatic carbocycles. The molecule has 1 atom stereocenters. The fourth-order valence-electron chi connectivity index (χ4n) is 3.07. The van der Waals surface area contributed by atoms with Crippen molar-refractivity contribution in [2.24, 2.45) is 5.92 Å². The Morgan fingerprint density at radius 1 is 1.03 bits per heavy atom. The normalized spacial score (nSPS) is 14.8. The molecule has 0 saturated heterocycles. The van der Waals surface area contributed by atoms with Crippen LogP contribution in [0.15, 0.2) is 48.5 Å². The zero-order valence-corrected chi connectivity index (χ0v) is 16.3. The molecule has 7 heteroatoms. The Morgan fingerprint density at radius 3 is 2.14 bits per heavy atom. The Kier molecular flexibility index (Phi) is 5.77. The molecule has 1 fully saturated rings. The van der Waals surface area contributed by atoms with Crippen LogP contribution >= 0.6 is 0 Å². The molecule has 3 N–H and O–H groups in total. The molecule has 0 bridgehead atoms. The summed E-state index contributed by atoms with van der Waals surface area (Å²) in [4.78, 5) is 25.2. The zero-order chi connectivity index (χ0) is 21.2. The summed E-state index contributed by atoms with van der Waals surface area (Å²) in [5.74, 6) is -5.23. The van der Waals surface area contributed by atoms with Gasteiger partial charge in [0.1, 0.15) is 0 Å². The summed E-state index contributed by atoms with van der Waals surface area (Å²) in [6.45, 7) is 2.12. The predicted molar refractivity (Wildman–Crippen MR) is 109 cm³/mol. The number of hydrogen-bond acceptors (Lipinski definition) is 3. The molecule has 5 nitrogen and oxygen atoms in total. The summed E-state index contributed by atoms with van der Waals surface area (Å²) in [6, 6.07) is 12.7. The Balaban J connectivity index is 1.70. The highest BCUT2D eigenvalue weighted by molar-refractivity contribution is 6.24. The number of benzene rings is 2. The average molecular weight is 399 g/mol. The molecular formula is C22H23F2N3O2. The summed E-state index contributed by atoms with van der Waals surface area (Å²) >= 11 is 0. The van der Waals surface area contributed by atoms with Crippen molar-refractivity contribution in [3.63, 3.8) is 0 Å². The number of carbonyl (C=O) groups excluding carboxylic acids is 2. The van der Waals surface area contributed by atoms with E-state index in [0.29, 0.717) is 11.6 Å². The molecule has 0 spiro atoms. The Hall–Kier alpha value is -3.09. The fourth-order valence-corrected chi connectivity index (χ4v) is 3.07. The first-order chi connectivity index (χ1) is 13.6. The second-order valence-electron chi connectivity index (χ2n) is 7.46. The van der Waals surface area contributed by atoms with E-state index in [9.17, 15) is 18.4 Å². The Bertz CT molecular complexity index is 932. The van der Waals surface area contributed by atoms with Crippen molar-refractivity contribution in [3.8, 4) is 0 Å². The molecule has 1 unspecified atom stereocenters. The Labute approximate surface area is 168 Å². The molecule has 1 saturated carbocycles. The molecule has 1 aliphatic rings. The largest absolute Gasteiger partial charge is 0.325 e. The highest BCUT2D eigenvalue weighted by Gasteiger charge is 2.30. The van der Waals surface area contributed by atoms with E-state index in [1.165, 1.54) is 43.5 Å². The van der Waals surface area contributed by atoms with Gasteiger partial charge in [-0.1, -0.05) is 24.3 Å². The molecule has 1 aliphatic carbocycles. The molecular weight excluding hydrogens is 376 g/mol. The van der Waals surface area contributed by atoms with Gasteiger partial charge in [0.2, 0.25) is 11.8 Å². The maximum atomic E-state index is 13.5. The molecule has 0 radical (unpaired) electrons. The molecule has 152 valence electrons. The second kappa shape index (κ2) is 8.11. The van der Waals surface area contributed by atoms with Crippen LogP contribution in [0.3, 0.4) is 0 Å². The van der Waals surface area contributed by atoms with E-state index in [4.69, 9.17) is 5.41 Å². The van der Waals surface area contributed by atoms with Crippen molar-refractivity contribution in [1.82, 2.24) is 0 Å². The number of amides is 2. The summed E-state index contributed by atoms with van der Waals surface area (Å²) in [5, 5.41) is 13.0. The lowest BCUT2D eigenvalue weighted by Gasteiger charge is -2.17. The van der Waals surface area contributed by atoms with Crippen LogP contribution in [0, 0.1) is 11.3 Å². The number of alkyl halides is 2. The van der Waals surface area contributed by atoms with E-state index in [1.54, 1.807) is 12.1 Å².